The topological polar surface area (TPSA) is 24.1 Å². The van der Waals surface area contributed by atoms with Crippen LogP contribution in [-0.2, 0) is 6.54 Å². The van der Waals surface area contributed by atoms with Crippen molar-refractivity contribution in [3.05, 3.63) is 30.6 Å². The first-order valence-corrected chi connectivity index (χ1v) is 7.90. The Hall–Kier alpha value is -0.673. The van der Waals surface area contributed by atoms with Gasteiger partial charge in [0.2, 0.25) is 0 Å². The molecule has 3 heteroatoms. The van der Waals surface area contributed by atoms with Crippen LogP contribution in [0.3, 0.4) is 0 Å². The minimum atomic E-state index is -1.82. The summed E-state index contributed by atoms with van der Waals surface area (Å²) in [4.78, 5) is 9.63. The molecule has 0 aromatic carbocycles. The normalized spacial score (nSPS) is 11.6. The van der Waals surface area contributed by atoms with Crippen molar-refractivity contribution in [1.29, 1.82) is 0 Å². The monoisotopic (exact) mass is 196 g/mol. The van der Waals surface area contributed by atoms with E-state index in [9.17, 15) is 4.80 Å². The van der Waals surface area contributed by atoms with Crippen molar-refractivity contribution in [2.24, 2.45) is 0 Å². The molecule has 0 saturated carbocycles. The fourth-order valence-electron chi connectivity index (χ4n) is 1.28. The summed E-state index contributed by atoms with van der Waals surface area (Å²) in [6, 6.07) is 7.05. The van der Waals surface area contributed by atoms with E-state index in [0.717, 1.165) is 19.0 Å². The maximum atomic E-state index is 9.63. The van der Waals surface area contributed by atoms with Crippen molar-refractivity contribution in [1.82, 2.24) is 0 Å². The Bertz CT molecular complexity index is 243. The van der Waals surface area contributed by atoms with Crippen LogP contribution in [-0.4, -0.2) is 13.1 Å². The Morgan fingerprint density at radius 1 is 1.15 bits per heavy atom. The zero-order chi connectivity index (χ0) is 9.73. The second-order valence-electron chi connectivity index (χ2n) is 4.03. The molecule has 0 radical (unpaired) electrons. The van der Waals surface area contributed by atoms with E-state index in [4.69, 9.17) is 0 Å². The minimum absolute atomic E-state index is 0.981. The van der Waals surface area contributed by atoms with Gasteiger partial charge in [0.25, 0.3) is 0 Å². The summed E-state index contributed by atoms with van der Waals surface area (Å²) >= 11 is 0. The summed E-state index contributed by atoms with van der Waals surface area (Å²) in [7, 11) is -1.82. The third kappa shape index (κ3) is 4.80. The van der Waals surface area contributed by atoms with Crippen molar-refractivity contribution in [2.45, 2.75) is 32.1 Å². The standard InChI is InChI=1S/C10H18NOSi/c1-13(2,12)10-6-9-11-7-4-3-5-8-11/h3-5,7-8,12H,6,9-10H2,1-2H3/q+1. The third-order valence-electron chi connectivity index (χ3n) is 1.98. The maximum absolute atomic E-state index is 9.63. The molecule has 2 nitrogen and oxygen atoms in total. The molecule has 0 spiro atoms. The van der Waals surface area contributed by atoms with Crippen LogP contribution < -0.4 is 4.57 Å². The summed E-state index contributed by atoms with van der Waals surface area (Å²) in [5.74, 6) is 0. The number of nitrogens with zero attached hydrogens (tertiary/aromatic N) is 1. The number of hydrogen-bond donors (Lipinski definition) is 1. The number of rotatable bonds is 4. The van der Waals surface area contributed by atoms with Crippen molar-refractivity contribution in [2.75, 3.05) is 0 Å². The third-order valence-corrected chi connectivity index (χ3v) is 3.56. The molecule has 0 unspecified atom stereocenters. The lowest BCUT2D eigenvalue weighted by atomic mass is 10.4. The summed E-state index contributed by atoms with van der Waals surface area (Å²) in [5.41, 5.74) is 0. The molecule has 72 valence electrons. The molecule has 1 heterocycles. The molecule has 1 N–H and O–H groups in total. The highest BCUT2D eigenvalue weighted by atomic mass is 28.4. The molecular formula is C10H18NOSi+. The van der Waals surface area contributed by atoms with Gasteiger partial charge in [0.1, 0.15) is 6.54 Å². The average molecular weight is 196 g/mol. The van der Waals surface area contributed by atoms with E-state index in [1.165, 1.54) is 0 Å². The molecule has 0 aliphatic rings. The molecule has 13 heavy (non-hydrogen) atoms. The van der Waals surface area contributed by atoms with Crippen molar-refractivity contribution < 1.29 is 9.36 Å². The largest absolute Gasteiger partial charge is 0.432 e. The fraction of sp³-hybridized carbons (Fsp3) is 0.500. The Labute approximate surface area is 81.0 Å². The van der Waals surface area contributed by atoms with Gasteiger partial charge in [-0.25, -0.2) is 4.57 Å². The van der Waals surface area contributed by atoms with Gasteiger partial charge in [-0.15, -0.1) is 0 Å². The number of pyridine rings is 1. The Kier molecular flexibility index (Phi) is 3.63. The van der Waals surface area contributed by atoms with Crippen LogP contribution >= 0.6 is 0 Å². The molecule has 0 bridgehead atoms. The Morgan fingerprint density at radius 2 is 1.77 bits per heavy atom. The fourth-order valence-corrected chi connectivity index (χ4v) is 2.30. The molecule has 0 aliphatic heterocycles. The lowest BCUT2D eigenvalue weighted by Crippen LogP contribution is -2.34. The van der Waals surface area contributed by atoms with Crippen molar-refractivity contribution in [3.63, 3.8) is 0 Å². The van der Waals surface area contributed by atoms with Gasteiger partial charge in [0.15, 0.2) is 20.7 Å². The quantitative estimate of drug-likeness (QED) is 0.573. The van der Waals surface area contributed by atoms with Gasteiger partial charge >= 0.3 is 0 Å². The van der Waals surface area contributed by atoms with E-state index in [2.05, 4.69) is 17.0 Å². The zero-order valence-electron chi connectivity index (χ0n) is 8.40. The van der Waals surface area contributed by atoms with Gasteiger partial charge in [-0.05, 0) is 19.1 Å². The van der Waals surface area contributed by atoms with E-state index in [0.29, 0.717) is 0 Å². The maximum Gasteiger partial charge on any atom is 0.182 e. The molecule has 0 amide bonds. The second-order valence-corrected chi connectivity index (χ2v) is 8.15. The van der Waals surface area contributed by atoms with Crippen LogP contribution in [0.2, 0.25) is 19.1 Å². The van der Waals surface area contributed by atoms with Crippen LogP contribution in [0, 0.1) is 0 Å². The SMILES string of the molecule is C[Si](C)(O)CCC[n+]1ccccc1. The predicted octanol–water partition coefficient (Wildman–Crippen LogP) is 1.56. The van der Waals surface area contributed by atoms with Crippen molar-refractivity contribution >= 4 is 8.32 Å². The van der Waals surface area contributed by atoms with Gasteiger partial charge in [-0.2, -0.15) is 0 Å². The van der Waals surface area contributed by atoms with Crippen LogP contribution in [0.1, 0.15) is 6.42 Å². The molecule has 1 rings (SSSR count). The number of hydrogen-bond acceptors (Lipinski definition) is 1. The average Bonchev–Trinajstić information content (AvgIpc) is 2.04. The van der Waals surface area contributed by atoms with Gasteiger partial charge in [-0.1, -0.05) is 6.07 Å². The predicted molar refractivity (Wildman–Crippen MR) is 55.8 cm³/mol. The smallest absolute Gasteiger partial charge is 0.182 e. The second kappa shape index (κ2) is 4.53. The van der Waals surface area contributed by atoms with Gasteiger partial charge in [-0.3, -0.25) is 0 Å². The van der Waals surface area contributed by atoms with E-state index in [1.807, 2.05) is 31.3 Å². The minimum Gasteiger partial charge on any atom is -0.432 e. The van der Waals surface area contributed by atoms with E-state index in [1.54, 1.807) is 0 Å². The first-order valence-electron chi connectivity index (χ1n) is 4.74. The van der Waals surface area contributed by atoms with Crippen LogP contribution in [0.15, 0.2) is 30.6 Å². The van der Waals surface area contributed by atoms with Gasteiger partial charge < -0.3 is 4.80 Å². The number of aryl methyl sites for hydroxylation is 1. The highest BCUT2D eigenvalue weighted by Crippen LogP contribution is 2.06. The molecule has 0 fully saturated rings. The Balaban J connectivity index is 2.29. The summed E-state index contributed by atoms with van der Waals surface area (Å²) in [5, 5.41) is 0. The summed E-state index contributed by atoms with van der Waals surface area (Å²) < 4.78 is 2.15. The molecular weight excluding hydrogens is 178 g/mol. The highest BCUT2D eigenvalue weighted by Gasteiger charge is 2.16. The number of aromatic nitrogens is 1. The van der Waals surface area contributed by atoms with Crippen LogP contribution in [0.5, 0.6) is 0 Å². The summed E-state index contributed by atoms with van der Waals surface area (Å²) in [6.07, 6.45) is 5.20. The zero-order valence-corrected chi connectivity index (χ0v) is 9.40. The molecule has 1 aromatic heterocycles. The lowest BCUT2D eigenvalue weighted by Gasteiger charge is -2.11. The van der Waals surface area contributed by atoms with Crippen molar-refractivity contribution in [3.8, 4) is 0 Å². The van der Waals surface area contributed by atoms with Gasteiger partial charge in [0.05, 0.1) is 0 Å². The van der Waals surface area contributed by atoms with Crippen LogP contribution in [0.25, 0.3) is 0 Å². The first kappa shape index (κ1) is 10.4. The molecule has 0 aliphatic carbocycles. The van der Waals surface area contributed by atoms with E-state index >= 15 is 0 Å². The van der Waals surface area contributed by atoms with E-state index in [-0.39, 0.29) is 0 Å². The summed E-state index contributed by atoms with van der Waals surface area (Å²) in [6.45, 7) is 4.99. The molecule has 0 saturated heterocycles. The van der Waals surface area contributed by atoms with Gasteiger partial charge in [0, 0.05) is 18.6 Å². The molecule has 0 atom stereocenters. The Morgan fingerprint density at radius 3 is 2.31 bits per heavy atom. The lowest BCUT2D eigenvalue weighted by molar-refractivity contribution is -0.697. The highest BCUT2D eigenvalue weighted by molar-refractivity contribution is 6.69. The van der Waals surface area contributed by atoms with Crippen LogP contribution in [0.4, 0.5) is 0 Å². The first-order chi connectivity index (χ1) is 6.08. The molecule has 1 aromatic rings. The van der Waals surface area contributed by atoms with E-state index < -0.39 is 8.32 Å².